The van der Waals surface area contributed by atoms with Crippen molar-refractivity contribution in [2.24, 2.45) is 0 Å². The molecule has 0 radical (unpaired) electrons. The van der Waals surface area contributed by atoms with Crippen LogP contribution < -0.4 is 5.32 Å². The standard InChI is InChI=1S/C19H21N5O/c1-2-24-18(13-6-4-3-5-7-13)15(11-22-24)19(25)23-14-8-9-16-17(10-14)21-12-20-16/h3-7,11-12,14H,2,8-10H2,1H3,(H,20,21)(H,23,25). The van der Waals surface area contributed by atoms with E-state index in [9.17, 15) is 4.79 Å². The lowest BCUT2D eigenvalue weighted by Crippen LogP contribution is -2.39. The Labute approximate surface area is 146 Å². The summed E-state index contributed by atoms with van der Waals surface area (Å²) >= 11 is 0. The van der Waals surface area contributed by atoms with Gasteiger partial charge in [0.1, 0.15) is 0 Å². The molecule has 6 heteroatoms. The molecular weight excluding hydrogens is 314 g/mol. The van der Waals surface area contributed by atoms with Crippen LogP contribution in [0.5, 0.6) is 0 Å². The fourth-order valence-electron chi connectivity index (χ4n) is 3.48. The summed E-state index contributed by atoms with van der Waals surface area (Å²) in [6, 6.07) is 10.1. The molecule has 0 saturated heterocycles. The Morgan fingerprint density at radius 1 is 1.36 bits per heavy atom. The first kappa shape index (κ1) is 15.6. The molecule has 1 atom stereocenters. The highest BCUT2D eigenvalue weighted by Gasteiger charge is 2.25. The van der Waals surface area contributed by atoms with Crippen molar-refractivity contribution in [3.05, 3.63) is 59.8 Å². The predicted octanol–water partition coefficient (Wildman–Crippen LogP) is 2.58. The van der Waals surface area contributed by atoms with E-state index < -0.39 is 0 Å². The summed E-state index contributed by atoms with van der Waals surface area (Å²) in [6.45, 7) is 2.75. The summed E-state index contributed by atoms with van der Waals surface area (Å²) < 4.78 is 1.87. The fourth-order valence-corrected chi connectivity index (χ4v) is 3.48. The van der Waals surface area contributed by atoms with Crippen molar-refractivity contribution in [3.63, 3.8) is 0 Å². The second kappa shape index (κ2) is 6.55. The average molecular weight is 335 g/mol. The Bertz CT molecular complexity index is 880. The molecule has 0 fully saturated rings. The summed E-state index contributed by atoms with van der Waals surface area (Å²) in [7, 11) is 0. The molecule has 25 heavy (non-hydrogen) atoms. The number of aryl methyl sites for hydroxylation is 2. The van der Waals surface area contributed by atoms with Gasteiger partial charge in [-0.05, 0) is 19.8 Å². The average Bonchev–Trinajstić information content (AvgIpc) is 3.28. The Morgan fingerprint density at radius 2 is 2.20 bits per heavy atom. The van der Waals surface area contributed by atoms with E-state index in [-0.39, 0.29) is 11.9 Å². The molecule has 2 N–H and O–H groups in total. The van der Waals surface area contributed by atoms with Crippen molar-refractivity contribution in [1.29, 1.82) is 0 Å². The van der Waals surface area contributed by atoms with Crippen LogP contribution in [0.2, 0.25) is 0 Å². The molecule has 2 heterocycles. The molecule has 4 rings (SSSR count). The highest BCUT2D eigenvalue weighted by Crippen LogP contribution is 2.24. The zero-order valence-corrected chi connectivity index (χ0v) is 14.2. The quantitative estimate of drug-likeness (QED) is 0.769. The van der Waals surface area contributed by atoms with Crippen LogP contribution in [0.3, 0.4) is 0 Å². The molecule has 1 aliphatic rings. The number of H-pyrrole nitrogens is 1. The largest absolute Gasteiger partial charge is 0.349 e. The number of carbonyl (C=O) groups is 1. The van der Waals surface area contributed by atoms with Crippen LogP contribution in [0.25, 0.3) is 11.3 Å². The molecule has 1 aromatic carbocycles. The first-order valence-electron chi connectivity index (χ1n) is 8.69. The van der Waals surface area contributed by atoms with Gasteiger partial charge in [-0.2, -0.15) is 5.10 Å². The van der Waals surface area contributed by atoms with Gasteiger partial charge in [0.25, 0.3) is 5.91 Å². The zero-order chi connectivity index (χ0) is 17.2. The molecule has 2 aromatic heterocycles. The molecule has 1 amide bonds. The third kappa shape index (κ3) is 2.95. The third-order valence-electron chi connectivity index (χ3n) is 4.75. The maximum atomic E-state index is 12.9. The highest BCUT2D eigenvalue weighted by atomic mass is 16.1. The molecule has 128 valence electrons. The van der Waals surface area contributed by atoms with E-state index in [1.807, 2.05) is 41.9 Å². The van der Waals surface area contributed by atoms with Gasteiger partial charge in [-0.3, -0.25) is 9.48 Å². The van der Waals surface area contributed by atoms with Crippen molar-refractivity contribution in [3.8, 4) is 11.3 Å². The lowest BCUT2D eigenvalue weighted by molar-refractivity contribution is 0.0934. The Balaban J connectivity index is 1.58. The number of rotatable bonds is 4. The van der Waals surface area contributed by atoms with Crippen LogP contribution in [0.4, 0.5) is 0 Å². The van der Waals surface area contributed by atoms with Gasteiger partial charge in [0.05, 0.1) is 29.5 Å². The molecule has 0 aliphatic heterocycles. The highest BCUT2D eigenvalue weighted by molar-refractivity contribution is 6.00. The molecule has 0 saturated carbocycles. The van der Waals surface area contributed by atoms with Gasteiger partial charge in [-0.25, -0.2) is 4.98 Å². The van der Waals surface area contributed by atoms with Gasteiger partial charge in [0.15, 0.2) is 0 Å². The van der Waals surface area contributed by atoms with Crippen molar-refractivity contribution >= 4 is 5.91 Å². The first-order chi connectivity index (χ1) is 12.3. The summed E-state index contributed by atoms with van der Waals surface area (Å²) in [5.41, 5.74) is 4.76. The van der Waals surface area contributed by atoms with Crippen molar-refractivity contribution in [1.82, 2.24) is 25.1 Å². The number of aromatic nitrogens is 4. The molecule has 0 bridgehead atoms. The van der Waals surface area contributed by atoms with Crippen molar-refractivity contribution in [2.45, 2.75) is 38.8 Å². The minimum absolute atomic E-state index is 0.0634. The summed E-state index contributed by atoms with van der Waals surface area (Å²) in [4.78, 5) is 20.4. The lowest BCUT2D eigenvalue weighted by Gasteiger charge is -2.22. The van der Waals surface area contributed by atoms with Gasteiger partial charge in [0.2, 0.25) is 0 Å². The number of nitrogens with zero attached hydrogens (tertiary/aromatic N) is 3. The Morgan fingerprint density at radius 3 is 3.00 bits per heavy atom. The summed E-state index contributed by atoms with van der Waals surface area (Å²) in [5.74, 6) is -0.0634. The zero-order valence-electron chi connectivity index (χ0n) is 14.2. The van der Waals surface area contributed by atoms with E-state index >= 15 is 0 Å². The van der Waals surface area contributed by atoms with Crippen LogP contribution in [0.1, 0.15) is 35.1 Å². The van der Waals surface area contributed by atoms with E-state index in [0.717, 1.165) is 48.5 Å². The van der Waals surface area contributed by atoms with Gasteiger partial charge in [-0.1, -0.05) is 30.3 Å². The minimum atomic E-state index is -0.0634. The lowest BCUT2D eigenvalue weighted by atomic mass is 9.95. The fraction of sp³-hybridized carbons (Fsp3) is 0.316. The molecule has 1 unspecified atom stereocenters. The van der Waals surface area contributed by atoms with Crippen molar-refractivity contribution in [2.75, 3.05) is 0 Å². The maximum absolute atomic E-state index is 12.9. The van der Waals surface area contributed by atoms with E-state index in [4.69, 9.17) is 0 Å². The summed E-state index contributed by atoms with van der Waals surface area (Å²) in [5, 5.41) is 7.57. The van der Waals surface area contributed by atoms with Gasteiger partial charge < -0.3 is 10.3 Å². The number of carbonyl (C=O) groups excluding carboxylic acids is 1. The van der Waals surface area contributed by atoms with Gasteiger partial charge in [-0.15, -0.1) is 0 Å². The van der Waals surface area contributed by atoms with Crippen LogP contribution >= 0.6 is 0 Å². The van der Waals surface area contributed by atoms with Crippen LogP contribution in [-0.4, -0.2) is 31.7 Å². The third-order valence-corrected chi connectivity index (χ3v) is 4.75. The van der Waals surface area contributed by atoms with E-state index in [1.165, 1.54) is 0 Å². The minimum Gasteiger partial charge on any atom is -0.349 e. The SMILES string of the molecule is CCn1ncc(C(=O)NC2CCc3nc[nH]c3C2)c1-c1ccccc1. The van der Waals surface area contributed by atoms with E-state index in [0.29, 0.717) is 5.56 Å². The molecule has 3 aromatic rings. The number of aromatic amines is 1. The first-order valence-corrected chi connectivity index (χ1v) is 8.69. The Kier molecular flexibility index (Phi) is 4.09. The van der Waals surface area contributed by atoms with Crippen LogP contribution in [0, 0.1) is 0 Å². The number of hydrogen-bond donors (Lipinski definition) is 2. The molecule has 0 spiro atoms. The predicted molar refractivity (Wildman–Crippen MR) is 95.2 cm³/mol. The van der Waals surface area contributed by atoms with Crippen molar-refractivity contribution < 1.29 is 4.79 Å². The molecule has 1 aliphatic carbocycles. The number of benzene rings is 1. The van der Waals surface area contributed by atoms with E-state index in [2.05, 4.69) is 20.4 Å². The number of nitrogens with one attached hydrogen (secondary N) is 2. The molecular formula is C19H21N5O. The van der Waals surface area contributed by atoms with Crippen LogP contribution in [0.15, 0.2) is 42.9 Å². The summed E-state index contributed by atoms with van der Waals surface area (Å²) in [6.07, 6.45) is 6.00. The number of hydrogen-bond acceptors (Lipinski definition) is 3. The number of fused-ring (bicyclic) bond motifs is 1. The second-order valence-electron chi connectivity index (χ2n) is 6.33. The van der Waals surface area contributed by atoms with Gasteiger partial charge in [0, 0.05) is 30.3 Å². The molecule has 6 nitrogen and oxygen atoms in total. The number of amides is 1. The van der Waals surface area contributed by atoms with E-state index in [1.54, 1.807) is 12.5 Å². The Hall–Kier alpha value is -2.89. The topological polar surface area (TPSA) is 75.6 Å². The second-order valence-corrected chi connectivity index (χ2v) is 6.33. The normalized spacial score (nSPS) is 16.4. The monoisotopic (exact) mass is 335 g/mol. The maximum Gasteiger partial charge on any atom is 0.255 e. The number of imidazole rings is 1. The van der Waals surface area contributed by atoms with Gasteiger partial charge >= 0.3 is 0 Å². The van der Waals surface area contributed by atoms with Crippen LogP contribution in [-0.2, 0) is 19.4 Å². The smallest absolute Gasteiger partial charge is 0.255 e.